The van der Waals surface area contributed by atoms with Gasteiger partial charge in [-0.2, -0.15) is 0 Å². The van der Waals surface area contributed by atoms with Crippen molar-refractivity contribution in [1.82, 2.24) is 25.0 Å². The molecule has 1 saturated heterocycles. The summed E-state index contributed by atoms with van der Waals surface area (Å²) in [7, 11) is 1.82. The second-order valence-electron chi connectivity index (χ2n) is 8.11. The van der Waals surface area contributed by atoms with Crippen molar-refractivity contribution in [2.24, 2.45) is 10.9 Å². The lowest BCUT2D eigenvalue weighted by molar-refractivity contribution is 0.370. The monoisotopic (exact) mass is 447 g/mol. The molecule has 0 saturated carbocycles. The Labute approximate surface area is 189 Å². The summed E-state index contributed by atoms with van der Waals surface area (Å²) in [5.41, 5.74) is 0.681. The molecule has 1 aliphatic rings. The van der Waals surface area contributed by atoms with Gasteiger partial charge in [0, 0.05) is 52.7 Å². The Balaban J connectivity index is 1.47. The summed E-state index contributed by atoms with van der Waals surface area (Å²) >= 11 is 1.64. The first-order valence-electron chi connectivity index (χ1n) is 10.9. The molecule has 0 radical (unpaired) electrons. The van der Waals surface area contributed by atoms with Gasteiger partial charge in [-0.15, -0.1) is 10.2 Å². The number of aliphatic imine (C=N–C) groups is 1. The maximum atomic E-state index is 14.1. The van der Waals surface area contributed by atoms with E-state index in [1.165, 1.54) is 6.07 Å². The number of rotatable bonds is 8. The number of thioether (sulfide) groups is 1. The van der Waals surface area contributed by atoms with Gasteiger partial charge in [-0.25, -0.2) is 4.39 Å². The lowest BCUT2D eigenvalue weighted by Gasteiger charge is -2.37. The van der Waals surface area contributed by atoms with E-state index in [2.05, 4.69) is 48.7 Å². The Hall–Kier alpha value is -2.29. The molecular formula is C22H34FN7S. The van der Waals surface area contributed by atoms with Gasteiger partial charge in [0.15, 0.2) is 11.1 Å². The van der Waals surface area contributed by atoms with Crippen LogP contribution in [0.25, 0.3) is 0 Å². The predicted octanol–water partition coefficient (Wildman–Crippen LogP) is 3.13. The molecule has 2 aromatic rings. The van der Waals surface area contributed by atoms with Gasteiger partial charge >= 0.3 is 0 Å². The van der Waals surface area contributed by atoms with Crippen LogP contribution in [0.3, 0.4) is 0 Å². The molecule has 1 aromatic heterocycles. The van der Waals surface area contributed by atoms with Gasteiger partial charge in [-0.3, -0.25) is 4.99 Å². The molecule has 0 spiro atoms. The number of hydrogen-bond acceptors (Lipinski definition) is 5. The van der Waals surface area contributed by atoms with Crippen molar-refractivity contribution in [1.29, 1.82) is 0 Å². The van der Waals surface area contributed by atoms with Crippen molar-refractivity contribution < 1.29 is 4.39 Å². The first-order chi connectivity index (χ1) is 15.0. The highest BCUT2D eigenvalue weighted by molar-refractivity contribution is 7.98. The number of nitrogens with zero attached hydrogens (tertiary/aromatic N) is 6. The summed E-state index contributed by atoms with van der Waals surface area (Å²) in [6.07, 6.45) is 3.88. The highest BCUT2D eigenvalue weighted by atomic mass is 32.2. The molecule has 3 rings (SSSR count). The summed E-state index contributed by atoms with van der Waals surface area (Å²) in [5.74, 6) is 2.35. The van der Waals surface area contributed by atoms with E-state index in [1.54, 1.807) is 17.8 Å². The predicted molar refractivity (Wildman–Crippen MR) is 127 cm³/mol. The average molecular weight is 448 g/mol. The van der Waals surface area contributed by atoms with E-state index in [-0.39, 0.29) is 5.82 Å². The fourth-order valence-corrected chi connectivity index (χ4v) is 4.37. The molecule has 1 fully saturated rings. The Bertz CT molecular complexity index is 859. The second kappa shape index (κ2) is 11.4. The van der Waals surface area contributed by atoms with Crippen LogP contribution >= 0.6 is 11.8 Å². The topological polar surface area (TPSA) is 61.6 Å². The summed E-state index contributed by atoms with van der Waals surface area (Å²) in [6, 6.07) is 6.98. The summed E-state index contributed by atoms with van der Waals surface area (Å²) < 4.78 is 16.3. The third kappa shape index (κ3) is 6.12. The number of halogens is 1. The zero-order valence-corrected chi connectivity index (χ0v) is 19.8. The SMILES string of the molecule is CN=C(NCCCc1nnc(SC)n1CC(C)C)N1CCN(c2ccccc2F)CC1. The highest BCUT2D eigenvalue weighted by Crippen LogP contribution is 2.20. The first kappa shape index (κ1) is 23.4. The van der Waals surface area contributed by atoms with Crippen molar-refractivity contribution in [2.45, 2.75) is 38.4 Å². The zero-order valence-electron chi connectivity index (χ0n) is 19.0. The van der Waals surface area contributed by atoms with Gasteiger partial charge in [0.2, 0.25) is 0 Å². The molecule has 170 valence electrons. The van der Waals surface area contributed by atoms with Crippen molar-refractivity contribution in [2.75, 3.05) is 50.9 Å². The largest absolute Gasteiger partial charge is 0.366 e. The molecule has 2 heterocycles. The smallest absolute Gasteiger partial charge is 0.193 e. The molecule has 7 nitrogen and oxygen atoms in total. The van der Waals surface area contributed by atoms with Crippen LogP contribution < -0.4 is 10.2 Å². The standard InChI is InChI=1S/C22H34FN7S/c1-17(2)16-30-20(26-27-22(30)31-4)10-7-11-25-21(24-3)29-14-12-28(13-15-29)19-9-6-5-8-18(19)23/h5-6,8-9,17H,7,10-16H2,1-4H3,(H,24,25). The van der Waals surface area contributed by atoms with Gasteiger partial charge < -0.3 is 19.7 Å². The minimum absolute atomic E-state index is 0.159. The van der Waals surface area contributed by atoms with Crippen LogP contribution in [-0.2, 0) is 13.0 Å². The molecular weight excluding hydrogens is 413 g/mol. The van der Waals surface area contributed by atoms with Crippen LogP contribution in [0.2, 0.25) is 0 Å². The third-order valence-electron chi connectivity index (χ3n) is 5.37. The molecule has 0 aliphatic carbocycles. The van der Waals surface area contributed by atoms with Crippen LogP contribution in [0.1, 0.15) is 26.1 Å². The third-order valence-corrected chi connectivity index (χ3v) is 6.04. The minimum Gasteiger partial charge on any atom is -0.366 e. The van der Waals surface area contributed by atoms with Crippen LogP contribution in [0, 0.1) is 11.7 Å². The highest BCUT2D eigenvalue weighted by Gasteiger charge is 2.21. The second-order valence-corrected chi connectivity index (χ2v) is 8.88. The van der Waals surface area contributed by atoms with E-state index in [4.69, 9.17) is 0 Å². The van der Waals surface area contributed by atoms with Crippen LogP contribution in [0.4, 0.5) is 10.1 Å². The Morgan fingerprint density at radius 3 is 2.58 bits per heavy atom. The van der Waals surface area contributed by atoms with Gasteiger partial charge in [0.25, 0.3) is 0 Å². The van der Waals surface area contributed by atoms with Crippen LogP contribution in [0.5, 0.6) is 0 Å². The number of hydrogen-bond donors (Lipinski definition) is 1. The summed E-state index contributed by atoms with van der Waals surface area (Å²) in [6.45, 7) is 9.37. The van der Waals surface area contributed by atoms with E-state index >= 15 is 0 Å². The molecule has 9 heteroatoms. The Morgan fingerprint density at radius 1 is 1.19 bits per heavy atom. The molecule has 31 heavy (non-hydrogen) atoms. The lowest BCUT2D eigenvalue weighted by Crippen LogP contribution is -2.52. The summed E-state index contributed by atoms with van der Waals surface area (Å²) in [5, 5.41) is 13.2. The van der Waals surface area contributed by atoms with Crippen molar-refractivity contribution >= 4 is 23.4 Å². The van der Waals surface area contributed by atoms with E-state index in [0.29, 0.717) is 11.6 Å². The number of aromatic nitrogens is 3. The van der Waals surface area contributed by atoms with Gasteiger partial charge in [0.1, 0.15) is 11.6 Å². The van der Waals surface area contributed by atoms with E-state index < -0.39 is 0 Å². The number of para-hydroxylation sites is 1. The maximum absolute atomic E-state index is 14.1. The average Bonchev–Trinajstić information content (AvgIpc) is 3.15. The van der Waals surface area contributed by atoms with Gasteiger partial charge in [-0.1, -0.05) is 37.7 Å². The molecule has 0 amide bonds. The summed E-state index contributed by atoms with van der Waals surface area (Å²) in [4.78, 5) is 8.79. The number of piperazine rings is 1. The van der Waals surface area contributed by atoms with Gasteiger partial charge in [-0.05, 0) is 30.7 Å². The normalized spacial score (nSPS) is 15.1. The van der Waals surface area contributed by atoms with Crippen molar-refractivity contribution in [3.8, 4) is 0 Å². The number of guanidine groups is 1. The number of nitrogens with one attached hydrogen (secondary N) is 1. The minimum atomic E-state index is -0.159. The lowest BCUT2D eigenvalue weighted by atomic mass is 10.2. The molecule has 0 unspecified atom stereocenters. The quantitative estimate of drug-likeness (QED) is 0.290. The molecule has 1 aliphatic heterocycles. The molecule has 0 atom stereocenters. The van der Waals surface area contributed by atoms with E-state index in [9.17, 15) is 4.39 Å². The number of aryl methyl sites for hydroxylation is 1. The fraction of sp³-hybridized carbons (Fsp3) is 0.591. The van der Waals surface area contributed by atoms with Crippen molar-refractivity contribution in [3.63, 3.8) is 0 Å². The van der Waals surface area contributed by atoms with E-state index in [1.807, 2.05) is 25.4 Å². The molecule has 0 bridgehead atoms. The maximum Gasteiger partial charge on any atom is 0.193 e. The molecule has 1 aromatic carbocycles. The van der Waals surface area contributed by atoms with Gasteiger partial charge in [0.05, 0.1) is 5.69 Å². The Morgan fingerprint density at radius 2 is 1.94 bits per heavy atom. The Kier molecular flexibility index (Phi) is 8.57. The first-order valence-corrected chi connectivity index (χ1v) is 12.2. The van der Waals surface area contributed by atoms with Crippen LogP contribution in [-0.4, -0.2) is 71.7 Å². The number of benzene rings is 1. The molecule has 1 N–H and O–H groups in total. The van der Waals surface area contributed by atoms with Crippen molar-refractivity contribution in [3.05, 3.63) is 35.9 Å². The van der Waals surface area contributed by atoms with E-state index in [0.717, 1.165) is 69.1 Å². The fourth-order valence-electron chi connectivity index (χ4n) is 3.85. The van der Waals surface area contributed by atoms with Crippen LogP contribution in [0.15, 0.2) is 34.4 Å². The zero-order chi connectivity index (χ0) is 22.2. The number of anilines is 1.